The minimum absolute atomic E-state index is 0.164. The molecule has 0 aromatic heterocycles. The van der Waals surface area contributed by atoms with Gasteiger partial charge in [-0.2, -0.15) is 0 Å². The zero-order chi connectivity index (χ0) is 20.3. The summed E-state index contributed by atoms with van der Waals surface area (Å²) in [4.78, 5) is 38.6. The lowest BCUT2D eigenvalue weighted by atomic mass is 10.1. The monoisotopic (exact) mass is 444 g/mol. The summed E-state index contributed by atoms with van der Waals surface area (Å²) in [7, 11) is 1.54. The van der Waals surface area contributed by atoms with Gasteiger partial charge in [-0.3, -0.25) is 14.9 Å². The lowest BCUT2D eigenvalue weighted by molar-refractivity contribution is -0.122. The molecule has 1 N–H and O–H groups in total. The second-order valence-corrected chi connectivity index (χ2v) is 6.61. The SMILES string of the molecule is CCOc1ccccc1N1C(=O)NC(=O)C(=Cc2ccc(OC)c(Br)c2)C1=O. The fraction of sp³-hybridized carbons (Fsp3) is 0.150. The van der Waals surface area contributed by atoms with Crippen molar-refractivity contribution in [3.63, 3.8) is 0 Å². The molecule has 2 aromatic carbocycles. The summed E-state index contributed by atoms with van der Waals surface area (Å²) in [5.41, 5.74) is 0.697. The van der Waals surface area contributed by atoms with Crippen LogP contribution in [0.15, 0.2) is 52.5 Å². The number of nitrogens with one attached hydrogen (secondary N) is 1. The van der Waals surface area contributed by atoms with Gasteiger partial charge in [0.15, 0.2) is 0 Å². The van der Waals surface area contributed by atoms with E-state index in [1.54, 1.807) is 49.4 Å². The summed E-state index contributed by atoms with van der Waals surface area (Å²) < 4.78 is 11.4. The number of nitrogens with zero attached hydrogens (tertiary/aromatic N) is 1. The lowest BCUT2D eigenvalue weighted by Gasteiger charge is -2.27. The zero-order valence-corrected chi connectivity index (χ0v) is 16.8. The van der Waals surface area contributed by atoms with Crippen molar-refractivity contribution >= 4 is 45.5 Å². The van der Waals surface area contributed by atoms with Crippen LogP contribution in [0.5, 0.6) is 11.5 Å². The fourth-order valence-corrected chi connectivity index (χ4v) is 3.29. The predicted octanol–water partition coefficient (Wildman–Crippen LogP) is 3.52. The molecule has 0 unspecified atom stereocenters. The van der Waals surface area contributed by atoms with Gasteiger partial charge in [-0.15, -0.1) is 0 Å². The molecule has 8 heteroatoms. The molecule has 1 saturated heterocycles. The summed E-state index contributed by atoms with van der Waals surface area (Å²) in [5, 5.41) is 2.20. The summed E-state index contributed by atoms with van der Waals surface area (Å²) >= 11 is 3.37. The molecular weight excluding hydrogens is 428 g/mol. The number of anilines is 1. The van der Waals surface area contributed by atoms with Crippen LogP contribution < -0.4 is 19.7 Å². The lowest BCUT2D eigenvalue weighted by Crippen LogP contribution is -2.54. The highest BCUT2D eigenvalue weighted by Gasteiger charge is 2.38. The van der Waals surface area contributed by atoms with Crippen LogP contribution in [0.25, 0.3) is 6.08 Å². The van der Waals surface area contributed by atoms with Crippen LogP contribution in [0.2, 0.25) is 0 Å². The number of ether oxygens (including phenoxy) is 2. The second-order valence-electron chi connectivity index (χ2n) is 5.75. The quantitative estimate of drug-likeness (QED) is 0.563. The number of para-hydroxylation sites is 2. The summed E-state index contributed by atoms with van der Waals surface area (Å²) in [5.74, 6) is -0.502. The maximum Gasteiger partial charge on any atom is 0.336 e. The Hall–Kier alpha value is -3.13. The highest BCUT2D eigenvalue weighted by Crippen LogP contribution is 2.32. The Morgan fingerprint density at radius 1 is 1.11 bits per heavy atom. The number of hydrogen-bond donors (Lipinski definition) is 1. The Kier molecular flexibility index (Phi) is 5.79. The average molecular weight is 445 g/mol. The van der Waals surface area contributed by atoms with E-state index in [0.29, 0.717) is 28.1 Å². The predicted molar refractivity (Wildman–Crippen MR) is 107 cm³/mol. The highest BCUT2D eigenvalue weighted by molar-refractivity contribution is 9.10. The number of urea groups is 1. The Balaban J connectivity index is 2.02. The first-order valence-corrected chi connectivity index (χ1v) is 9.22. The van der Waals surface area contributed by atoms with E-state index in [1.165, 1.54) is 13.2 Å². The van der Waals surface area contributed by atoms with Gasteiger partial charge in [0.25, 0.3) is 11.8 Å². The van der Waals surface area contributed by atoms with Crippen LogP contribution in [-0.4, -0.2) is 31.6 Å². The first kappa shape index (κ1) is 19.6. The first-order chi connectivity index (χ1) is 13.5. The molecule has 1 fully saturated rings. The van der Waals surface area contributed by atoms with Crippen LogP contribution in [0.3, 0.4) is 0 Å². The minimum Gasteiger partial charge on any atom is -0.496 e. The molecule has 0 saturated carbocycles. The molecule has 1 heterocycles. The van der Waals surface area contributed by atoms with Crippen LogP contribution in [-0.2, 0) is 9.59 Å². The molecule has 3 rings (SSSR count). The Labute approximate surface area is 170 Å². The standard InChI is InChI=1S/C20H17BrN2O5/c1-3-28-17-7-5-4-6-15(17)23-19(25)13(18(24)22-20(23)26)10-12-8-9-16(27-2)14(21)11-12/h4-11H,3H2,1-2H3,(H,22,24,26). The van der Waals surface area contributed by atoms with Gasteiger partial charge in [0.2, 0.25) is 0 Å². The summed E-state index contributed by atoms with van der Waals surface area (Å²) in [6.45, 7) is 2.16. The van der Waals surface area contributed by atoms with Gasteiger partial charge in [-0.25, -0.2) is 9.69 Å². The van der Waals surface area contributed by atoms with E-state index in [1.807, 2.05) is 0 Å². The van der Waals surface area contributed by atoms with Gasteiger partial charge in [-0.1, -0.05) is 18.2 Å². The highest BCUT2D eigenvalue weighted by atomic mass is 79.9. The normalized spacial score (nSPS) is 15.6. The molecule has 0 radical (unpaired) electrons. The van der Waals surface area contributed by atoms with E-state index in [-0.39, 0.29) is 11.3 Å². The van der Waals surface area contributed by atoms with E-state index >= 15 is 0 Å². The summed E-state index contributed by atoms with van der Waals surface area (Å²) in [6, 6.07) is 10.9. The molecule has 0 bridgehead atoms. The molecule has 7 nitrogen and oxygen atoms in total. The van der Waals surface area contributed by atoms with Crippen LogP contribution in [0.1, 0.15) is 12.5 Å². The van der Waals surface area contributed by atoms with E-state index in [9.17, 15) is 14.4 Å². The summed E-state index contributed by atoms with van der Waals surface area (Å²) in [6.07, 6.45) is 1.42. The number of imide groups is 2. The second kappa shape index (κ2) is 8.26. The number of carbonyl (C=O) groups is 3. The van der Waals surface area contributed by atoms with Crippen molar-refractivity contribution in [1.29, 1.82) is 0 Å². The van der Waals surface area contributed by atoms with Crippen molar-refractivity contribution in [3.05, 3.63) is 58.1 Å². The number of halogens is 1. The number of benzene rings is 2. The molecular formula is C20H17BrN2O5. The largest absolute Gasteiger partial charge is 0.496 e. The van der Waals surface area contributed by atoms with Crippen LogP contribution >= 0.6 is 15.9 Å². The van der Waals surface area contributed by atoms with Crippen molar-refractivity contribution in [3.8, 4) is 11.5 Å². The molecule has 0 spiro atoms. The Morgan fingerprint density at radius 3 is 2.54 bits per heavy atom. The van der Waals surface area contributed by atoms with Gasteiger partial charge in [-0.05, 0) is 58.8 Å². The molecule has 28 heavy (non-hydrogen) atoms. The zero-order valence-electron chi connectivity index (χ0n) is 15.2. The molecule has 0 atom stereocenters. The van der Waals surface area contributed by atoms with E-state index in [2.05, 4.69) is 21.2 Å². The minimum atomic E-state index is -0.824. The molecule has 0 aliphatic carbocycles. The van der Waals surface area contributed by atoms with Gasteiger partial charge in [0, 0.05) is 0 Å². The molecule has 1 aliphatic heterocycles. The number of rotatable bonds is 5. The number of carbonyl (C=O) groups excluding carboxylic acids is 3. The van der Waals surface area contributed by atoms with Gasteiger partial charge in [0.1, 0.15) is 17.1 Å². The number of hydrogen-bond acceptors (Lipinski definition) is 5. The number of barbiturate groups is 1. The third kappa shape index (κ3) is 3.77. The van der Waals surface area contributed by atoms with Crippen molar-refractivity contribution in [1.82, 2.24) is 5.32 Å². The van der Waals surface area contributed by atoms with Crippen molar-refractivity contribution < 1.29 is 23.9 Å². The van der Waals surface area contributed by atoms with Gasteiger partial charge in [0.05, 0.1) is 23.9 Å². The van der Waals surface area contributed by atoms with E-state index in [4.69, 9.17) is 9.47 Å². The molecule has 144 valence electrons. The topological polar surface area (TPSA) is 84.9 Å². The number of methoxy groups -OCH3 is 1. The van der Waals surface area contributed by atoms with Crippen molar-refractivity contribution in [2.45, 2.75) is 6.92 Å². The molecule has 2 aromatic rings. The third-order valence-corrected chi connectivity index (χ3v) is 4.61. The van der Waals surface area contributed by atoms with Crippen molar-refractivity contribution in [2.24, 2.45) is 0 Å². The maximum absolute atomic E-state index is 13.0. The van der Waals surface area contributed by atoms with Gasteiger partial charge < -0.3 is 9.47 Å². The smallest absolute Gasteiger partial charge is 0.336 e. The first-order valence-electron chi connectivity index (χ1n) is 8.43. The van der Waals surface area contributed by atoms with Crippen LogP contribution in [0.4, 0.5) is 10.5 Å². The Morgan fingerprint density at radius 2 is 1.86 bits per heavy atom. The van der Waals surface area contributed by atoms with E-state index in [0.717, 1.165) is 4.90 Å². The van der Waals surface area contributed by atoms with Crippen molar-refractivity contribution in [2.75, 3.05) is 18.6 Å². The Bertz CT molecular complexity index is 986. The maximum atomic E-state index is 13.0. The fourth-order valence-electron chi connectivity index (χ4n) is 2.73. The van der Waals surface area contributed by atoms with E-state index < -0.39 is 17.8 Å². The number of amides is 4. The third-order valence-electron chi connectivity index (χ3n) is 3.99. The molecule has 4 amide bonds. The van der Waals surface area contributed by atoms with Gasteiger partial charge >= 0.3 is 6.03 Å². The average Bonchev–Trinajstić information content (AvgIpc) is 2.66. The van der Waals surface area contributed by atoms with Crippen LogP contribution in [0, 0.1) is 0 Å². The molecule has 1 aliphatic rings.